The van der Waals surface area contributed by atoms with E-state index in [9.17, 15) is 4.79 Å². The first-order valence-electron chi connectivity index (χ1n) is 9.90. The van der Waals surface area contributed by atoms with E-state index in [0.717, 1.165) is 11.1 Å². The van der Waals surface area contributed by atoms with Gasteiger partial charge in [-0.1, -0.05) is 32.0 Å². The Bertz CT molecular complexity index is 1120. The summed E-state index contributed by atoms with van der Waals surface area (Å²) >= 11 is 0. The van der Waals surface area contributed by atoms with Crippen LogP contribution >= 0.6 is 0 Å². The van der Waals surface area contributed by atoms with Crippen molar-refractivity contribution < 1.29 is 13.9 Å². The van der Waals surface area contributed by atoms with Crippen molar-refractivity contribution in [3.63, 3.8) is 0 Å². The smallest absolute Gasteiger partial charge is 0.251 e. The molecule has 4 rings (SSSR count). The van der Waals surface area contributed by atoms with Crippen LogP contribution in [0.25, 0.3) is 22.7 Å². The second kappa shape index (κ2) is 8.78. The van der Waals surface area contributed by atoms with Gasteiger partial charge in [0.2, 0.25) is 5.89 Å². The van der Waals surface area contributed by atoms with Gasteiger partial charge >= 0.3 is 0 Å². The summed E-state index contributed by atoms with van der Waals surface area (Å²) < 4.78 is 11.4. The molecule has 0 aliphatic carbocycles. The predicted molar refractivity (Wildman–Crippen MR) is 115 cm³/mol. The Morgan fingerprint density at radius 3 is 2.70 bits per heavy atom. The van der Waals surface area contributed by atoms with Crippen molar-refractivity contribution in [2.24, 2.45) is 5.92 Å². The third-order valence-corrected chi connectivity index (χ3v) is 4.50. The zero-order chi connectivity index (χ0) is 20.9. The van der Waals surface area contributed by atoms with Gasteiger partial charge in [0.1, 0.15) is 5.75 Å². The van der Waals surface area contributed by atoms with E-state index in [1.54, 1.807) is 18.3 Å². The van der Waals surface area contributed by atoms with Crippen LogP contribution in [0.15, 0.2) is 71.3 Å². The van der Waals surface area contributed by atoms with E-state index in [4.69, 9.17) is 9.15 Å². The number of amides is 1. The monoisotopic (exact) mass is 401 g/mol. The molecule has 1 amide bonds. The van der Waals surface area contributed by atoms with Crippen LogP contribution < -0.4 is 10.1 Å². The maximum absolute atomic E-state index is 12.5. The van der Waals surface area contributed by atoms with Crippen LogP contribution in [-0.4, -0.2) is 22.5 Å². The highest BCUT2D eigenvalue weighted by Crippen LogP contribution is 2.23. The van der Waals surface area contributed by atoms with Crippen LogP contribution in [0, 0.1) is 5.92 Å². The molecule has 1 N–H and O–H groups in total. The standard InChI is InChI=1S/C24H23N3O3/c1-16(2)15-29-20-6-3-5-19(13-20)23(28)26-14-17-8-10-18(11-9-17)24-27-22-21(30-24)7-4-12-25-22/h3-13,16H,14-15H2,1-2H3,(H,26,28). The first-order valence-corrected chi connectivity index (χ1v) is 9.90. The number of oxazole rings is 1. The maximum atomic E-state index is 12.5. The van der Waals surface area contributed by atoms with Gasteiger partial charge in [-0.15, -0.1) is 0 Å². The fraction of sp³-hybridized carbons (Fsp3) is 0.208. The number of ether oxygens (including phenoxy) is 1. The van der Waals surface area contributed by atoms with Crippen molar-refractivity contribution >= 4 is 17.1 Å². The minimum Gasteiger partial charge on any atom is -0.493 e. The van der Waals surface area contributed by atoms with Gasteiger partial charge in [0.25, 0.3) is 5.91 Å². The largest absolute Gasteiger partial charge is 0.493 e. The van der Waals surface area contributed by atoms with Gasteiger partial charge in [0.15, 0.2) is 11.2 Å². The Labute approximate surface area is 174 Å². The average molecular weight is 401 g/mol. The van der Waals surface area contributed by atoms with Crippen LogP contribution in [0.2, 0.25) is 0 Å². The summed E-state index contributed by atoms with van der Waals surface area (Å²) in [5.41, 5.74) is 3.66. The van der Waals surface area contributed by atoms with Crippen molar-refractivity contribution in [3.05, 3.63) is 78.0 Å². The molecule has 6 nitrogen and oxygen atoms in total. The van der Waals surface area contributed by atoms with Crippen molar-refractivity contribution in [1.82, 2.24) is 15.3 Å². The number of hydrogen-bond acceptors (Lipinski definition) is 5. The summed E-state index contributed by atoms with van der Waals surface area (Å²) in [5, 5.41) is 2.94. The molecule has 0 unspecified atom stereocenters. The topological polar surface area (TPSA) is 77.2 Å². The molecule has 2 aromatic carbocycles. The molecule has 0 radical (unpaired) electrons. The SMILES string of the molecule is CC(C)COc1cccc(C(=O)NCc2ccc(-c3nc4ncccc4o3)cc2)c1. The highest BCUT2D eigenvalue weighted by molar-refractivity contribution is 5.94. The number of nitrogens with zero attached hydrogens (tertiary/aromatic N) is 2. The van der Waals surface area contributed by atoms with Crippen molar-refractivity contribution in [3.8, 4) is 17.2 Å². The molecule has 152 valence electrons. The molecule has 30 heavy (non-hydrogen) atoms. The molecule has 0 fully saturated rings. The minimum atomic E-state index is -0.140. The lowest BCUT2D eigenvalue weighted by Gasteiger charge is -2.10. The number of carbonyl (C=O) groups excluding carboxylic acids is 1. The molecule has 0 spiro atoms. The Morgan fingerprint density at radius 1 is 1.10 bits per heavy atom. The van der Waals surface area contributed by atoms with Crippen LogP contribution in [0.1, 0.15) is 29.8 Å². The van der Waals surface area contributed by atoms with E-state index in [1.807, 2.05) is 48.5 Å². The van der Waals surface area contributed by atoms with Crippen LogP contribution in [0.5, 0.6) is 5.75 Å². The number of fused-ring (bicyclic) bond motifs is 1. The van der Waals surface area contributed by atoms with Gasteiger partial charge in [-0.2, -0.15) is 4.98 Å². The van der Waals surface area contributed by atoms with E-state index in [0.29, 0.717) is 47.5 Å². The molecule has 0 saturated carbocycles. The minimum absolute atomic E-state index is 0.140. The first kappa shape index (κ1) is 19.6. The predicted octanol–water partition coefficient (Wildman–Crippen LogP) is 4.85. The highest BCUT2D eigenvalue weighted by atomic mass is 16.5. The Morgan fingerprint density at radius 2 is 1.93 bits per heavy atom. The molecule has 0 atom stereocenters. The molecule has 2 heterocycles. The Balaban J connectivity index is 1.38. The molecule has 0 aliphatic heterocycles. The molecular weight excluding hydrogens is 378 g/mol. The van der Waals surface area contributed by atoms with Crippen LogP contribution in [0.3, 0.4) is 0 Å². The Kier molecular flexibility index (Phi) is 5.75. The fourth-order valence-electron chi connectivity index (χ4n) is 2.93. The van der Waals surface area contributed by atoms with E-state index >= 15 is 0 Å². The lowest BCUT2D eigenvalue weighted by atomic mass is 10.1. The molecule has 0 bridgehead atoms. The van der Waals surface area contributed by atoms with Crippen molar-refractivity contribution in [1.29, 1.82) is 0 Å². The van der Waals surface area contributed by atoms with Gasteiger partial charge in [0.05, 0.1) is 6.61 Å². The van der Waals surface area contributed by atoms with Crippen LogP contribution in [0.4, 0.5) is 0 Å². The molecule has 4 aromatic rings. The van der Waals surface area contributed by atoms with E-state index in [-0.39, 0.29) is 5.91 Å². The summed E-state index contributed by atoms with van der Waals surface area (Å²) in [6.45, 7) is 5.21. The van der Waals surface area contributed by atoms with Crippen molar-refractivity contribution in [2.45, 2.75) is 20.4 Å². The third-order valence-electron chi connectivity index (χ3n) is 4.50. The summed E-state index contributed by atoms with van der Waals surface area (Å²) in [7, 11) is 0. The van der Waals surface area contributed by atoms with E-state index < -0.39 is 0 Å². The summed E-state index contributed by atoms with van der Waals surface area (Å²) in [6, 6.07) is 18.6. The molecule has 0 saturated heterocycles. The van der Waals surface area contributed by atoms with Gasteiger partial charge < -0.3 is 14.5 Å². The summed E-state index contributed by atoms with van der Waals surface area (Å²) in [4.78, 5) is 21.1. The average Bonchev–Trinajstić information content (AvgIpc) is 3.21. The summed E-state index contributed by atoms with van der Waals surface area (Å²) in [6.07, 6.45) is 1.69. The van der Waals surface area contributed by atoms with Gasteiger partial charge in [-0.3, -0.25) is 4.79 Å². The molecule has 0 aliphatic rings. The van der Waals surface area contributed by atoms with E-state index in [2.05, 4.69) is 29.1 Å². The lowest BCUT2D eigenvalue weighted by Crippen LogP contribution is -2.22. The zero-order valence-corrected chi connectivity index (χ0v) is 17.0. The number of pyridine rings is 1. The zero-order valence-electron chi connectivity index (χ0n) is 17.0. The first-order chi connectivity index (χ1) is 14.6. The second-order valence-electron chi connectivity index (χ2n) is 7.46. The molecule has 6 heteroatoms. The van der Waals surface area contributed by atoms with E-state index in [1.165, 1.54) is 0 Å². The van der Waals surface area contributed by atoms with Crippen LogP contribution in [-0.2, 0) is 6.54 Å². The molecular formula is C24H23N3O3. The Hall–Kier alpha value is -3.67. The summed E-state index contributed by atoms with van der Waals surface area (Å²) in [5.74, 6) is 1.52. The third kappa shape index (κ3) is 4.66. The number of nitrogens with one attached hydrogen (secondary N) is 1. The lowest BCUT2D eigenvalue weighted by molar-refractivity contribution is 0.0950. The molecule has 2 aromatic heterocycles. The quantitative estimate of drug-likeness (QED) is 0.479. The normalized spacial score (nSPS) is 11.0. The van der Waals surface area contributed by atoms with Crippen molar-refractivity contribution in [2.75, 3.05) is 6.61 Å². The van der Waals surface area contributed by atoms with Gasteiger partial charge in [-0.25, -0.2) is 4.98 Å². The number of aromatic nitrogens is 2. The van der Waals surface area contributed by atoms with Gasteiger partial charge in [-0.05, 0) is 53.9 Å². The fourth-order valence-corrected chi connectivity index (χ4v) is 2.93. The maximum Gasteiger partial charge on any atom is 0.251 e. The number of rotatable bonds is 7. The van der Waals surface area contributed by atoms with Gasteiger partial charge in [0, 0.05) is 23.9 Å². The highest BCUT2D eigenvalue weighted by Gasteiger charge is 2.10. The number of hydrogen-bond donors (Lipinski definition) is 1. The number of benzene rings is 2. The second-order valence-corrected chi connectivity index (χ2v) is 7.46. The number of carbonyl (C=O) groups is 1.